The second-order valence-electron chi connectivity index (χ2n) is 6.95. The molecule has 0 saturated heterocycles. The van der Waals surface area contributed by atoms with E-state index in [1.165, 1.54) is 6.08 Å². The summed E-state index contributed by atoms with van der Waals surface area (Å²) in [6.45, 7) is 3.21. The van der Waals surface area contributed by atoms with Crippen molar-refractivity contribution in [3.63, 3.8) is 0 Å². The number of nitrogens with zero attached hydrogens (tertiary/aromatic N) is 1. The van der Waals surface area contributed by atoms with Crippen LogP contribution < -0.4 is 0 Å². The number of rotatable bonds is 6. The van der Waals surface area contributed by atoms with Gasteiger partial charge in [-0.2, -0.15) is 0 Å². The van der Waals surface area contributed by atoms with Crippen LogP contribution in [0.2, 0.25) is 10.0 Å². The summed E-state index contributed by atoms with van der Waals surface area (Å²) in [4.78, 5) is 24.6. The summed E-state index contributed by atoms with van der Waals surface area (Å²) in [5, 5.41) is 2.06. The van der Waals surface area contributed by atoms with E-state index in [1.54, 1.807) is 31.2 Å². The van der Waals surface area contributed by atoms with Gasteiger partial charge >= 0.3 is 5.97 Å². The molecule has 1 aliphatic heterocycles. The monoisotopic (exact) mass is 455 g/mol. The quantitative estimate of drug-likeness (QED) is 0.484. The van der Waals surface area contributed by atoms with Gasteiger partial charge in [0.1, 0.15) is 0 Å². The normalized spacial score (nSPS) is 17.4. The first kappa shape index (κ1) is 21.6. The van der Waals surface area contributed by atoms with Crippen LogP contribution in [0.25, 0.3) is 5.69 Å². The Bertz CT molecular complexity index is 1100. The van der Waals surface area contributed by atoms with Crippen LogP contribution in [-0.2, 0) is 19.4 Å². The standard InChI is InChI=1S/C20H19Cl2NO5S/c1-12-5-18(13(2)23(12)17-8-15(21)7-16(22)9-17)19(24)10-28-20(25)6-14-3-4-29(26,27)11-14/h3-5,7-9,14H,6,10-11H2,1-2H3. The lowest BCUT2D eigenvalue weighted by atomic mass is 10.1. The molecular weight excluding hydrogens is 437 g/mol. The molecule has 154 valence electrons. The molecule has 2 aromatic rings. The Morgan fingerprint density at radius 1 is 1.14 bits per heavy atom. The number of ether oxygens (including phenoxy) is 1. The maximum absolute atomic E-state index is 12.6. The van der Waals surface area contributed by atoms with Crippen LogP contribution in [0.15, 0.2) is 35.7 Å². The lowest BCUT2D eigenvalue weighted by molar-refractivity contribution is -0.143. The minimum atomic E-state index is -3.23. The molecule has 0 bridgehead atoms. The van der Waals surface area contributed by atoms with Gasteiger partial charge in [-0.25, -0.2) is 8.42 Å². The van der Waals surface area contributed by atoms with Crippen molar-refractivity contribution in [2.45, 2.75) is 20.3 Å². The molecule has 0 saturated carbocycles. The fourth-order valence-electron chi connectivity index (χ4n) is 3.37. The van der Waals surface area contributed by atoms with Gasteiger partial charge in [0.05, 0.1) is 12.2 Å². The number of allylic oxidation sites excluding steroid dienone is 1. The molecule has 2 heterocycles. The third kappa shape index (κ3) is 5.10. The molecule has 1 atom stereocenters. The van der Waals surface area contributed by atoms with E-state index in [9.17, 15) is 18.0 Å². The Morgan fingerprint density at radius 3 is 2.38 bits per heavy atom. The molecular formula is C20H19Cl2NO5S. The van der Waals surface area contributed by atoms with E-state index in [4.69, 9.17) is 27.9 Å². The lowest BCUT2D eigenvalue weighted by Gasteiger charge is -2.11. The maximum atomic E-state index is 12.6. The number of ketones is 1. The average molecular weight is 456 g/mol. The van der Waals surface area contributed by atoms with Gasteiger partial charge in [0.15, 0.2) is 16.4 Å². The molecule has 0 amide bonds. The maximum Gasteiger partial charge on any atom is 0.306 e. The molecule has 0 N–H and O–H groups in total. The van der Waals surface area contributed by atoms with E-state index in [-0.39, 0.29) is 18.0 Å². The average Bonchev–Trinajstić information content (AvgIpc) is 3.10. The number of aryl methyl sites for hydroxylation is 1. The minimum Gasteiger partial charge on any atom is -0.457 e. The number of carbonyl (C=O) groups is 2. The molecule has 1 aromatic carbocycles. The summed E-state index contributed by atoms with van der Waals surface area (Å²) in [6.07, 6.45) is 1.39. The highest BCUT2D eigenvalue weighted by Crippen LogP contribution is 2.27. The number of Topliss-reactive ketones (excluding diaryl/α,β-unsaturated/α-hetero) is 1. The summed E-state index contributed by atoms with van der Waals surface area (Å²) in [7, 11) is -3.23. The van der Waals surface area contributed by atoms with Crippen LogP contribution in [0, 0.1) is 19.8 Å². The van der Waals surface area contributed by atoms with Crippen molar-refractivity contribution in [1.29, 1.82) is 0 Å². The van der Waals surface area contributed by atoms with Gasteiger partial charge in [0.2, 0.25) is 5.78 Å². The van der Waals surface area contributed by atoms with Gasteiger partial charge in [0, 0.05) is 44.0 Å². The molecule has 3 rings (SSSR count). The summed E-state index contributed by atoms with van der Waals surface area (Å²) in [5.74, 6) is -1.49. The summed E-state index contributed by atoms with van der Waals surface area (Å²) < 4.78 is 29.7. The molecule has 0 radical (unpaired) electrons. The first-order valence-electron chi connectivity index (χ1n) is 8.81. The van der Waals surface area contributed by atoms with E-state index in [1.807, 2.05) is 11.5 Å². The number of halogens is 2. The van der Waals surface area contributed by atoms with Crippen molar-refractivity contribution in [3.05, 3.63) is 62.7 Å². The minimum absolute atomic E-state index is 0.0803. The van der Waals surface area contributed by atoms with Crippen LogP contribution in [0.5, 0.6) is 0 Å². The van der Waals surface area contributed by atoms with Crippen molar-refractivity contribution in [1.82, 2.24) is 4.57 Å². The van der Waals surface area contributed by atoms with E-state index < -0.39 is 28.3 Å². The van der Waals surface area contributed by atoms with Crippen LogP contribution in [0.4, 0.5) is 0 Å². The Morgan fingerprint density at radius 2 is 1.79 bits per heavy atom. The molecule has 1 aromatic heterocycles. The second kappa shape index (κ2) is 8.34. The highest BCUT2D eigenvalue weighted by atomic mass is 35.5. The highest BCUT2D eigenvalue weighted by Gasteiger charge is 2.25. The number of benzene rings is 1. The van der Waals surface area contributed by atoms with Crippen LogP contribution in [0.3, 0.4) is 0 Å². The highest BCUT2D eigenvalue weighted by molar-refractivity contribution is 7.94. The number of esters is 1. The lowest BCUT2D eigenvalue weighted by Crippen LogP contribution is -2.18. The SMILES string of the molecule is Cc1cc(C(=O)COC(=O)CC2C=CS(=O)(=O)C2)c(C)n1-c1cc(Cl)cc(Cl)c1. The van der Waals surface area contributed by atoms with Gasteiger partial charge in [0.25, 0.3) is 0 Å². The Balaban J connectivity index is 1.69. The number of carbonyl (C=O) groups excluding carboxylic acids is 2. The smallest absolute Gasteiger partial charge is 0.306 e. The first-order valence-corrected chi connectivity index (χ1v) is 11.3. The van der Waals surface area contributed by atoms with Gasteiger partial charge in [-0.3, -0.25) is 9.59 Å². The Hall–Kier alpha value is -2.09. The van der Waals surface area contributed by atoms with E-state index in [0.29, 0.717) is 21.3 Å². The number of sulfone groups is 1. The predicted octanol–water partition coefficient (Wildman–Crippen LogP) is 4.08. The van der Waals surface area contributed by atoms with Crippen molar-refractivity contribution in [2.24, 2.45) is 5.92 Å². The topological polar surface area (TPSA) is 82.4 Å². The number of hydrogen-bond donors (Lipinski definition) is 0. The van der Waals surface area contributed by atoms with Crippen LogP contribution >= 0.6 is 23.2 Å². The molecule has 0 aliphatic carbocycles. The van der Waals surface area contributed by atoms with Gasteiger partial charge < -0.3 is 9.30 Å². The molecule has 1 aliphatic rings. The summed E-state index contributed by atoms with van der Waals surface area (Å²) in [5.41, 5.74) is 2.63. The van der Waals surface area contributed by atoms with Crippen LogP contribution in [-0.4, -0.2) is 37.1 Å². The third-order valence-electron chi connectivity index (χ3n) is 4.63. The van der Waals surface area contributed by atoms with Crippen molar-refractivity contribution >= 4 is 44.8 Å². The number of aromatic nitrogens is 1. The van der Waals surface area contributed by atoms with E-state index in [2.05, 4.69) is 0 Å². The predicted molar refractivity (Wildman–Crippen MR) is 112 cm³/mol. The zero-order chi connectivity index (χ0) is 21.3. The first-order chi connectivity index (χ1) is 13.6. The molecule has 6 nitrogen and oxygen atoms in total. The fourth-order valence-corrected chi connectivity index (χ4v) is 5.29. The van der Waals surface area contributed by atoms with E-state index in [0.717, 1.165) is 16.8 Å². The largest absolute Gasteiger partial charge is 0.457 e. The molecule has 0 spiro atoms. The summed E-state index contributed by atoms with van der Waals surface area (Å²) in [6, 6.07) is 6.82. The van der Waals surface area contributed by atoms with Crippen LogP contribution in [0.1, 0.15) is 28.2 Å². The van der Waals surface area contributed by atoms with E-state index >= 15 is 0 Å². The zero-order valence-corrected chi connectivity index (χ0v) is 18.1. The Kier molecular flexibility index (Phi) is 6.22. The fraction of sp³-hybridized carbons (Fsp3) is 0.300. The van der Waals surface area contributed by atoms with Crippen molar-refractivity contribution in [3.8, 4) is 5.69 Å². The van der Waals surface area contributed by atoms with Gasteiger partial charge in [-0.15, -0.1) is 0 Å². The van der Waals surface area contributed by atoms with Gasteiger partial charge in [-0.05, 0) is 38.1 Å². The molecule has 0 fully saturated rings. The van der Waals surface area contributed by atoms with Crippen molar-refractivity contribution in [2.75, 3.05) is 12.4 Å². The number of hydrogen-bond acceptors (Lipinski definition) is 5. The zero-order valence-electron chi connectivity index (χ0n) is 15.8. The molecule has 29 heavy (non-hydrogen) atoms. The second-order valence-corrected chi connectivity index (χ2v) is 9.76. The molecule has 9 heteroatoms. The van der Waals surface area contributed by atoms with Crippen molar-refractivity contribution < 1.29 is 22.7 Å². The van der Waals surface area contributed by atoms with Gasteiger partial charge in [-0.1, -0.05) is 29.3 Å². The summed E-state index contributed by atoms with van der Waals surface area (Å²) >= 11 is 12.2. The Labute approximate surface area is 179 Å². The third-order valence-corrected chi connectivity index (χ3v) is 6.54. The molecule has 1 unspecified atom stereocenters.